The van der Waals surface area contributed by atoms with Crippen molar-refractivity contribution >= 4 is 17.5 Å². The quantitative estimate of drug-likeness (QED) is 0.909. The number of rotatable bonds is 5. The van der Waals surface area contributed by atoms with Crippen molar-refractivity contribution in [3.8, 4) is 5.75 Å². The van der Waals surface area contributed by atoms with Gasteiger partial charge in [0.15, 0.2) is 5.60 Å². The molecule has 0 radical (unpaired) electrons. The lowest BCUT2D eigenvalue weighted by molar-refractivity contribution is -0.145. The van der Waals surface area contributed by atoms with Crippen LogP contribution in [0.3, 0.4) is 0 Å². The van der Waals surface area contributed by atoms with Gasteiger partial charge in [-0.05, 0) is 56.9 Å². The van der Waals surface area contributed by atoms with Gasteiger partial charge < -0.3 is 14.7 Å². The van der Waals surface area contributed by atoms with Gasteiger partial charge in [-0.25, -0.2) is 0 Å². The monoisotopic (exact) mass is 311 g/mol. The predicted octanol–water partition coefficient (Wildman–Crippen LogP) is 2.73. The maximum atomic E-state index is 12.5. The van der Waals surface area contributed by atoms with E-state index >= 15 is 0 Å². The Morgan fingerprint density at radius 1 is 1.38 bits per heavy atom. The molecule has 0 heterocycles. The van der Waals surface area contributed by atoms with Crippen LogP contribution in [0.4, 0.5) is 0 Å². The second kappa shape index (κ2) is 6.24. The summed E-state index contributed by atoms with van der Waals surface area (Å²) in [6, 6.07) is 6.97. The molecular formula is C16H22ClNO3. The Kier molecular flexibility index (Phi) is 4.79. The van der Waals surface area contributed by atoms with Gasteiger partial charge in [0, 0.05) is 18.6 Å². The lowest BCUT2D eigenvalue weighted by atomic mass is 9.82. The third-order valence-corrected chi connectivity index (χ3v) is 4.04. The predicted molar refractivity (Wildman–Crippen MR) is 82.5 cm³/mol. The van der Waals surface area contributed by atoms with Crippen molar-refractivity contribution in [1.82, 2.24) is 4.90 Å². The highest BCUT2D eigenvalue weighted by Crippen LogP contribution is 2.29. The van der Waals surface area contributed by atoms with Gasteiger partial charge >= 0.3 is 0 Å². The van der Waals surface area contributed by atoms with Gasteiger partial charge in [0.25, 0.3) is 5.91 Å². The van der Waals surface area contributed by atoms with E-state index in [1.165, 1.54) is 0 Å². The zero-order valence-electron chi connectivity index (χ0n) is 12.7. The number of benzene rings is 1. The van der Waals surface area contributed by atoms with Crippen LogP contribution in [-0.4, -0.2) is 41.2 Å². The number of aliphatic hydroxyl groups excluding tert-OH is 1. The molecule has 1 aliphatic carbocycles. The molecule has 21 heavy (non-hydrogen) atoms. The van der Waals surface area contributed by atoms with Crippen molar-refractivity contribution < 1.29 is 14.6 Å². The fourth-order valence-electron chi connectivity index (χ4n) is 2.62. The second-order valence-electron chi connectivity index (χ2n) is 6.24. The van der Waals surface area contributed by atoms with E-state index in [0.29, 0.717) is 23.2 Å². The van der Waals surface area contributed by atoms with E-state index in [0.717, 1.165) is 12.8 Å². The summed E-state index contributed by atoms with van der Waals surface area (Å²) in [6.07, 6.45) is 1.35. The van der Waals surface area contributed by atoms with E-state index < -0.39 is 5.60 Å². The molecule has 0 saturated heterocycles. The number of carbonyl (C=O) groups is 1. The third-order valence-electron chi connectivity index (χ3n) is 3.79. The summed E-state index contributed by atoms with van der Waals surface area (Å²) in [4.78, 5) is 14.2. The molecule has 1 aromatic carbocycles. The maximum absolute atomic E-state index is 12.5. The Labute approximate surface area is 130 Å². The Morgan fingerprint density at radius 2 is 1.95 bits per heavy atom. The van der Waals surface area contributed by atoms with Crippen molar-refractivity contribution in [2.24, 2.45) is 5.92 Å². The Balaban J connectivity index is 1.93. The van der Waals surface area contributed by atoms with Crippen LogP contribution in [-0.2, 0) is 4.79 Å². The molecule has 116 valence electrons. The number of ether oxygens (including phenoxy) is 1. The van der Waals surface area contributed by atoms with Gasteiger partial charge in [0.1, 0.15) is 5.75 Å². The average molecular weight is 312 g/mol. The van der Waals surface area contributed by atoms with Crippen LogP contribution in [0.5, 0.6) is 5.75 Å². The molecule has 0 atom stereocenters. The van der Waals surface area contributed by atoms with Gasteiger partial charge in [0.2, 0.25) is 0 Å². The minimum atomic E-state index is -0.940. The molecule has 1 aromatic rings. The maximum Gasteiger partial charge on any atom is 0.265 e. The first-order valence-electron chi connectivity index (χ1n) is 7.16. The molecule has 1 saturated carbocycles. The van der Waals surface area contributed by atoms with E-state index in [1.807, 2.05) is 0 Å². The van der Waals surface area contributed by atoms with Crippen molar-refractivity contribution in [3.63, 3.8) is 0 Å². The summed E-state index contributed by atoms with van der Waals surface area (Å²) in [6.45, 7) is 4.18. The largest absolute Gasteiger partial charge is 0.478 e. The van der Waals surface area contributed by atoms with E-state index in [1.54, 1.807) is 50.1 Å². The van der Waals surface area contributed by atoms with E-state index in [4.69, 9.17) is 16.3 Å². The zero-order chi connectivity index (χ0) is 15.6. The molecule has 1 fully saturated rings. The Morgan fingerprint density at radius 3 is 2.48 bits per heavy atom. The molecule has 0 bridgehead atoms. The fourth-order valence-corrected chi connectivity index (χ4v) is 2.75. The Bertz CT molecular complexity index is 495. The molecule has 0 unspecified atom stereocenters. The molecule has 0 aliphatic heterocycles. The van der Waals surface area contributed by atoms with Crippen molar-refractivity contribution in [3.05, 3.63) is 29.3 Å². The summed E-state index contributed by atoms with van der Waals surface area (Å²) in [5.74, 6) is 0.935. The highest BCUT2D eigenvalue weighted by molar-refractivity contribution is 6.30. The number of amides is 1. The van der Waals surface area contributed by atoms with Gasteiger partial charge in [-0.3, -0.25) is 4.79 Å². The van der Waals surface area contributed by atoms with Crippen LogP contribution in [0.1, 0.15) is 26.7 Å². The fraction of sp³-hybridized carbons (Fsp3) is 0.562. The average Bonchev–Trinajstić information content (AvgIpc) is 2.38. The number of hydrogen-bond acceptors (Lipinski definition) is 3. The minimum Gasteiger partial charge on any atom is -0.478 e. The summed E-state index contributed by atoms with van der Waals surface area (Å²) >= 11 is 5.84. The summed E-state index contributed by atoms with van der Waals surface area (Å²) < 4.78 is 5.79. The molecule has 1 N–H and O–H groups in total. The van der Waals surface area contributed by atoms with Crippen LogP contribution < -0.4 is 4.74 Å². The van der Waals surface area contributed by atoms with Crippen molar-refractivity contribution in [1.29, 1.82) is 0 Å². The van der Waals surface area contributed by atoms with E-state index in [9.17, 15) is 9.90 Å². The molecule has 1 aliphatic rings. The van der Waals surface area contributed by atoms with E-state index in [2.05, 4.69) is 0 Å². The first kappa shape index (κ1) is 16.1. The van der Waals surface area contributed by atoms with Crippen LogP contribution in [0, 0.1) is 5.92 Å². The third kappa shape index (κ3) is 4.11. The molecular weight excluding hydrogens is 290 g/mol. The minimum absolute atomic E-state index is 0.0705. The Hall–Kier alpha value is -1.26. The standard InChI is InChI=1S/C16H22ClNO3/c1-16(2,21-14-6-4-12(17)5-7-14)15(20)18(3)10-11-8-13(19)9-11/h4-7,11,13,19H,8-10H2,1-3H3. The van der Waals surface area contributed by atoms with Crippen LogP contribution in [0.15, 0.2) is 24.3 Å². The topological polar surface area (TPSA) is 49.8 Å². The number of halogens is 1. The molecule has 5 heteroatoms. The molecule has 1 amide bonds. The zero-order valence-corrected chi connectivity index (χ0v) is 13.4. The first-order chi connectivity index (χ1) is 9.78. The summed E-state index contributed by atoms with van der Waals surface area (Å²) in [5.41, 5.74) is -0.940. The number of nitrogens with zero attached hydrogens (tertiary/aromatic N) is 1. The first-order valence-corrected chi connectivity index (χ1v) is 7.54. The molecule has 2 rings (SSSR count). The van der Waals surface area contributed by atoms with Crippen LogP contribution >= 0.6 is 11.6 Å². The SMILES string of the molecule is CN(CC1CC(O)C1)C(=O)C(C)(C)Oc1ccc(Cl)cc1. The second-order valence-corrected chi connectivity index (χ2v) is 6.68. The normalized spacial score (nSPS) is 21.6. The van der Waals surface area contributed by atoms with Gasteiger partial charge in [0.05, 0.1) is 6.10 Å². The highest BCUT2D eigenvalue weighted by atomic mass is 35.5. The van der Waals surface area contributed by atoms with Crippen LogP contribution in [0.25, 0.3) is 0 Å². The van der Waals surface area contributed by atoms with Crippen molar-refractivity contribution in [2.75, 3.05) is 13.6 Å². The molecule has 0 spiro atoms. The van der Waals surface area contributed by atoms with Crippen molar-refractivity contribution in [2.45, 2.75) is 38.4 Å². The highest BCUT2D eigenvalue weighted by Gasteiger charge is 2.36. The molecule has 4 nitrogen and oxygen atoms in total. The van der Waals surface area contributed by atoms with Gasteiger partial charge in [-0.2, -0.15) is 0 Å². The number of aliphatic hydroxyl groups is 1. The summed E-state index contributed by atoms with van der Waals surface area (Å²) in [7, 11) is 1.78. The van der Waals surface area contributed by atoms with Gasteiger partial charge in [-0.15, -0.1) is 0 Å². The van der Waals surface area contributed by atoms with Crippen LogP contribution in [0.2, 0.25) is 5.02 Å². The summed E-state index contributed by atoms with van der Waals surface area (Å²) in [5, 5.41) is 9.94. The number of likely N-dealkylation sites (N-methyl/N-ethyl adjacent to an activating group) is 1. The smallest absolute Gasteiger partial charge is 0.265 e. The lowest BCUT2D eigenvalue weighted by Gasteiger charge is -2.37. The van der Waals surface area contributed by atoms with Gasteiger partial charge in [-0.1, -0.05) is 11.6 Å². The number of hydrogen-bond donors (Lipinski definition) is 1. The van der Waals surface area contributed by atoms with E-state index in [-0.39, 0.29) is 12.0 Å². The lowest BCUT2D eigenvalue weighted by Crippen LogP contribution is -2.50. The molecule has 0 aromatic heterocycles. The number of carbonyl (C=O) groups excluding carboxylic acids is 1.